The van der Waals surface area contributed by atoms with Gasteiger partial charge in [0.2, 0.25) is 0 Å². The van der Waals surface area contributed by atoms with Gasteiger partial charge >= 0.3 is 0 Å². The van der Waals surface area contributed by atoms with E-state index in [1.165, 1.54) is 24.5 Å². The van der Waals surface area contributed by atoms with Gasteiger partial charge in [-0.1, -0.05) is 18.2 Å². The summed E-state index contributed by atoms with van der Waals surface area (Å²) in [5.41, 5.74) is 2.30. The highest BCUT2D eigenvalue weighted by Gasteiger charge is 2.28. The van der Waals surface area contributed by atoms with Crippen molar-refractivity contribution in [2.45, 2.75) is 11.3 Å². The van der Waals surface area contributed by atoms with Crippen LogP contribution in [0.2, 0.25) is 0 Å². The topological polar surface area (TPSA) is 84.8 Å². The predicted molar refractivity (Wildman–Crippen MR) is 97.6 cm³/mol. The molecular weight excluding hydrogens is 369 g/mol. The van der Waals surface area contributed by atoms with Gasteiger partial charge < -0.3 is 4.98 Å². The van der Waals surface area contributed by atoms with E-state index in [2.05, 4.69) is 9.97 Å². The molecule has 2 heterocycles. The second kappa shape index (κ2) is 5.37. The molecular formula is C19H12FN3O3S. The number of halogens is 1. The number of hydrogen-bond donors (Lipinski definition) is 1. The molecule has 2 aromatic heterocycles. The molecule has 6 nitrogen and oxygen atoms in total. The van der Waals surface area contributed by atoms with Gasteiger partial charge in [0, 0.05) is 29.8 Å². The van der Waals surface area contributed by atoms with Gasteiger partial charge in [-0.15, -0.1) is 0 Å². The summed E-state index contributed by atoms with van der Waals surface area (Å²) >= 11 is 0. The van der Waals surface area contributed by atoms with Gasteiger partial charge in [0.25, 0.3) is 15.6 Å². The van der Waals surface area contributed by atoms with Gasteiger partial charge in [-0.3, -0.25) is 4.79 Å². The average molecular weight is 381 g/mol. The van der Waals surface area contributed by atoms with E-state index >= 15 is 0 Å². The molecule has 1 aliphatic carbocycles. The van der Waals surface area contributed by atoms with Crippen molar-refractivity contribution >= 4 is 20.8 Å². The Hall–Kier alpha value is -3.26. The molecule has 0 unspecified atom stereocenters. The molecule has 27 heavy (non-hydrogen) atoms. The smallest absolute Gasteiger partial charge is 0.271 e. The zero-order valence-corrected chi connectivity index (χ0v) is 14.6. The Bertz CT molecular complexity index is 1390. The Kier molecular flexibility index (Phi) is 3.17. The Labute approximate surface area is 153 Å². The second-order valence-electron chi connectivity index (χ2n) is 6.37. The number of hydrogen-bond acceptors (Lipinski definition) is 4. The zero-order chi connectivity index (χ0) is 18.8. The third kappa shape index (κ3) is 2.20. The first kappa shape index (κ1) is 16.0. The number of fused-ring (bicyclic) bond motifs is 5. The number of aromatic nitrogens is 3. The standard InChI is InChI=1S/C19H12FN3O3S/c20-16-9-14-11(8-17(16)27(25,26)23-6-5-21-10-23)7-15-12-3-1-2-4-13(12)19(24)22-18(14)15/h1-6,8-10H,7H2,(H,22,24). The molecule has 0 atom stereocenters. The summed E-state index contributed by atoms with van der Waals surface area (Å²) in [6.45, 7) is 0. The maximum Gasteiger partial charge on any atom is 0.271 e. The van der Waals surface area contributed by atoms with Crippen LogP contribution in [-0.4, -0.2) is 22.4 Å². The minimum Gasteiger partial charge on any atom is -0.321 e. The van der Waals surface area contributed by atoms with E-state index in [4.69, 9.17) is 0 Å². The van der Waals surface area contributed by atoms with Crippen LogP contribution in [0.15, 0.2) is 64.8 Å². The van der Waals surface area contributed by atoms with Crippen molar-refractivity contribution in [3.8, 4) is 11.3 Å². The van der Waals surface area contributed by atoms with Gasteiger partial charge in [0.05, 0.1) is 5.69 Å². The Morgan fingerprint density at radius 2 is 1.93 bits per heavy atom. The van der Waals surface area contributed by atoms with Crippen LogP contribution in [0.4, 0.5) is 4.39 Å². The molecule has 0 aliphatic heterocycles. The van der Waals surface area contributed by atoms with Gasteiger partial charge in [0.1, 0.15) is 17.0 Å². The van der Waals surface area contributed by atoms with Crippen molar-refractivity contribution in [2.75, 3.05) is 0 Å². The van der Waals surface area contributed by atoms with Crippen LogP contribution in [-0.2, 0) is 16.4 Å². The summed E-state index contributed by atoms with van der Waals surface area (Å²) < 4.78 is 41.0. The monoisotopic (exact) mass is 381 g/mol. The lowest BCUT2D eigenvalue weighted by molar-refractivity contribution is 0.560. The molecule has 2 aromatic carbocycles. The lowest BCUT2D eigenvalue weighted by Crippen LogP contribution is -2.13. The zero-order valence-electron chi connectivity index (χ0n) is 13.8. The maximum atomic E-state index is 14.7. The largest absolute Gasteiger partial charge is 0.321 e. The van der Waals surface area contributed by atoms with Crippen molar-refractivity contribution < 1.29 is 12.8 Å². The van der Waals surface area contributed by atoms with E-state index in [-0.39, 0.29) is 5.56 Å². The van der Waals surface area contributed by atoms with Crippen LogP contribution < -0.4 is 5.56 Å². The number of nitrogens with one attached hydrogen (secondary N) is 1. The van der Waals surface area contributed by atoms with Crippen LogP contribution in [0.3, 0.4) is 0 Å². The van der Waals surface area contributed by atoms with E-state index in [9.17, 15) is 17.6 Å². The molecule has 8 heteroatoms. The third-order valence-corrected chi connectivity index (χ3v) is 6.51. The summed E-state index contributed by atoms with van der Waals surface area (Å²) in [7, 11) is -4.08. The number of aromatic amines is 1. The van der Waals surface area contributed by atoms with Crippen molar-refractivity contribution in [3.63, 3.8) is 0 Å². The first-order valence-corrected chi connectivity index (χ1v) is 9.61. The van der Waals surface area contributed by atoms with E-state index < -0.39 is 20.7 Å². The molecule has 4 aromatic rings. The van der Waals surface area contributed by atoms with Gasteiger partial charge in [-0.05, 0) is 34.7 Å². The van der Waals surface area contributed by atoms with E-state index in [0.29, 0.717) is 28.6 Å². The Morgan fingerprint density at radius 1 is 1.15 bits per heavy atom. The van der Waals surface area contributed by atoms with Crippen LogP contribution >= 0.6 is 0 Å². The first-order chi connectivity index (χ1) is 13.0. The Morgan fingerprint density at radius 3 is 2.67 bits per heavy atom. The lowest BCUT2D eigenvalue weighted by atomic mass is 10.0. The molecule has 0 spiro atoms. The van der Waals surface area contributed by atoms with E-state index in [1.807, 2.05) is 12.1 Å². The Balaban J connectivity index is 1.75. The van der Waals surface area contributed by atoms with Crippen LogP contribution in [0, 0.1) is 5.82 Å². The fourth-order valence-corrected chi connectivity index (χ4v) is 4.83. The highest BCUT2D eigenvalue weighted by Crippen LogP contribution is 2.39. The van der Waals surface area contributed by atoms with E-state index in [1.54, 1.807) is 12.1 Å². The molecule has 0 fully saturated rings. The molecule has 0 bridgehead atoms. The van der Waals surface area contributed by atoms with Crippen molar-refractivity contribution in [1.29, 1.82) is 0 Å². The minimum atomic E-state index is -4.08. The molecule has 1 N–H and O–H groups in total. The number of pyridine rings is 1. The van der Waals surface area contributed by atoms with Crippen LogP contribution in [0.5, 0.6) is 0 Å². The fourth-order valence-electron chi connectivity index (χ4n) is 3.61. The number of rotatable bonds is 2. The van der Waals surface area contributed by atoms with Crippen molar-refractivity contribution in [3.05, 3.63) is 82.4 Å². The fraction of sp³-hybridized carbons (Fsp3) is 0.0526. The molecule has 134 valence electrons. The van der Waals surface area contributed by atoms with Crippen LogP contribution in [0.25, 0.3) is 22.0 Å². The summed E-state index contributed by atoms with van der Waals surface area (Å²) in [6.07, 6.45) is 4.09. The molecule has 0 saturated heterocycles. The maximum absolute atomic E-state index is 14.7. The number of benzene rings is 2. The third-order valence-electron chi connectivity index (χ3n) is 4.87. The summed E-state index contributed by atoms with van der Waals surface area (Å²) in [5, 5.41) is 1.34. The molecule has 1 aliphatic rings. The quantitative estimate of drug-likeness (QED) is 0.509. The first-order valence-electron chi connectivity index (χ1n) is 8.17. The lowest BCUT2D eigenvalue weighted by Gasteiger charge is -2.09. The summed E-state index contributed by atoms with van der Waals surface area (Å²) in [6, 6.07) is 9.70. The molecule has 5 rings (SSSR count). The van der Waals surface area contributed by atoms with Crippen molar-refractivity contribution in [2.24, 2.45) is 0 Å². The van der Waals surface area contributed by atoms with Crippen molar-refractivity contribution in [1.82, 2.24) is 13.9 Å². The number of imidazole rings is 1. The molecule has 0 saturated carbocycles. The normalized spacial score (nSPS) is 12.9. The van der Waals surface area contributed by atoms with Gasteiger partial charge in [-0.25, -0.2) is 21.8 Å². The van der Waals surface area contributed by atoms with Gasteiger partial charge in [0.15, 0.2) is 0 Å². The minimum absolute atomic E-state index is 0.257. The number of nitrogens with zero attached hydrogens (tertiary/aromatic N) is 2. The highest BCUT2D eigenvalue weighted by molar-refractivity contribution is 7.90. The molecule has 0 amide bonds. The second-order valence-corrected chi connectivity index (χ2v) is 8.18. The SMILES string of the molecule is O=c1[nH]c2c(c3ccccc13)Cc1cc(S(=O)(=O)n3ccnc3)c(F)cc1-2. The predicted octanol–water partition coefficient (Wildman–Crippen LogP) is 2.67. The summed E-state index contributed by atoms with van der Waals surface area (Å²) in [5.74, 6) is -0.871. The highest BCUT2D eigenvalue weighted by atomic mass is 32.2. The molecule has 0 radical (unpaired) electrons. The average Bonchev–Trinajstić information content (AvgIpc) is 3.30. The summed E-state index contributed by atoms with van der Waals surface area (Å²) in [4.78, 5) is 18.5. The van der Waals surface area contributed by atoms with Gasteiger partial charge in [-0.2, -0.15) is 0 Å². The van der Waals surface area contributed by atoms with E-state index in [0.717, 1.165) is 21.2 Å². The number of H-pyrrole nitrogens is 1. The van der Waals surface area contributed by atoms with Crippen LogP contribution in [0.1, 0.15) is 11.1 Å².